The molecule has 1 aromatic heterocycles. The average molecular weight is 397 g/mol. The molecule has 0 aliphatic carbocycles. The van der Waals surface area contributed by atoms with E-state index < -0.39 is 0 Å². The minimum absolute atomic E-state index is 0.263. The van der Waals surface area contributed by atoms with Crippen molar-refractivity contribution in [1.82, 2.24) is 9.97 Å². The van der Waals surface area contributed by atoms with Crippen LogP contribution in [0.1, 0.15) is 23.0 Å². The van der Waals surface area contributed by atoms with E-state index in [-0.39, 0.29) is 11.6 Å². The zero-order valence-electron chi connectivity index (χ0n) is 13.7. The number of amides is 1. The Hall–Kier alpha value is -2.73. The number of halogens is 1. The van der Waals surface area contributed by atoms with Gasteiger partial charge in [-0.25, -0.2) is 9.97 Å². The Bertz CT molecular complexity index is 863. The highest BCUT2D eigenvalue weighted by molar-refractivity contribution is 9.10. The molecule has 126 valence electrons. The number of benzene rings is 2. The van der Waals surface area contributed by atoms with E-state index >= 15 is 0 Å². The quantitative estimate of drug-likeness (QED) is 0.649. The van der Waals surface area contributed by atoms with E-state index in [0.717, 1.165) is 22.3 Å². The molecule has 0 bridgehead atoms. The fourth-order valence-corrected chi connectivity index (χ4v) is 2.64. The van der Waals surface area contributed by atoms with Crippen LogP contribution in [0.4, 0.5) is 17.2 Å². The van der Waals surface area contributed by atoms with Gasteiger partial charge in [0, 0.05) is 15.8 Å². The van der Waals surface area contributed by atoms with Crippen LogP contribution in [0.2, 0.25) is 0 Å². The lowest BCUT2D eigenvalue weighted by Crippen LogP contribution is -2.14. The SMILES string of the molecule is CCc1ccc(NC(=O)c2cnc(Nc3cccc(Br)c3)cn2)cc1. The number of carbonyl (C=O) groups is 1. The normalized spacial score (nSPS) is 10.3. The van der Waals surface area contributed by atoms with E-state index in [1.54, 1.807) is 0 Å². The van der Waals surface area contributed by atoms with Crippen molar-refractivity contribution < 1.29 is 4.79 Å². The Morgan fingerprint density at radius 3 is 2.48 bits per heavy atom. The number of anilines is 3. The van der Waals surface area contributed by atoms with E-state index in [2.05, 4.69) is 43.5 Å². The first-order valence-corrected chi connectivity index (χ1v) is 8.68. The number of carbonyl (C=O) groups excluding carboxylic acids is 1. The van der Waals surface area contributed by atoms with E-state index in [9.17, 15) is 4.79 Å². The molecule has 1 heterocycles. The van der Waals surface area contributed by atoms with Crippen LogP contribution in [0.25, 0.3) is 0 Å². The van der Waals surface area contributed by atoms with Crippen molar-refractivity contribution in [3.63, 3.8) is 0 Å². The zero-order chi connectivity index (χ0) is 17.6. The molecular formula is C19H17BrN4O. The summed E-state index contributed by atoms with van der Waals surface area (Å²) in [6.07, 6.45) is 3.96. The Labute approximate surface area is 154 Å². The van der Waals surface area contributed by atoms with E-state index in [4.69, 9.17) is 0 Å². The third-order valence-electron chi connectivity index (χ3n) is 3.60. The second-order valence-electron chi connectivity index (χ2n) is 5.43. The Morgan fingerprint density at radius 1 is 1.04 bits per heavy atom. The van der Waals surface area contributed by atoms with Crippen LogP contribution < -0.4 is 10.6 Å². The Morgan fingerprint density at radius 2 is 1.84 bits per heavy atom. The minimum atomic E-state index is -0.286. The summed E-state index contributed by atoms with van der Waals surface area (Å²) in [5.41, 5.74) is 3.11. The maximum Gasteiger partial charge on any atom is 0.275 e. The fourth-order valence-electron chi connectivity index (χ4n) is 2.24. The number of aryl methyl sites for hydroxylation is 1. The molecule has 0 saturated carbocycles. The summed E-state index contributed by atoms with van der Waals surface area (Å²) in [5.74, 6) is 0.285. The van der Waals surface area contributed by atoms with Gasteiger partial charge in [0.25, 0.3) is 5.91 Å². The summed E-state index contributed by atoms with van der Waals surface area (Å²) in [7, 11) is 0. The summed E-state index contributed by atoms with van der Waals surface area (Å²) in [4.78, 5) is 20.7. The van der Waals surface area contributed by atoms with Gasteiger partial charge >= 0.3 is 0 Å². The van der Waals surface area contributed by atoms with Gasteiger partial charge in [0.1, 0.15) is 11.5 Å². The number of rotatable bonds is 5. The number of nitrogens with zero attached hydrogens (tertiary/aromatic N) is 2. The molecule has 0 aliphatic rings. The van der Waals surface area contributed by atoms with Crippen molar-refractivity contribution in [2.24, 2.45) is 0 Å². The molecule has 3 aromatic rings. The zero-order valence-corrected chi connectivity index (χ0v) is 15.2. The highest BCUT2D eigenvalue weighted by Gasteiger charge is 2.09. The molecule has 0 radical (unpaired) electrons. The van der Waals surface area contributed by atoms with Crippen molar-refractivity contribution in [3.8, 4) is 0 Å². The molecule has 0 spiro atoms. The van der Waals surface area contributed by atoms with Crippen LogP contribution in [-0.4, -0.2) is 15.9 Å². The van der Waals surface area contributed by atoms with Gasteiger partial charge in [0.15, 0.2) is 0 Å². The van der Waals surface area contributed by atoms with Crippen molar-refractivity contribution >= 4 is 39.0 Å². The smallest absolute Gasteiger partial charge is 0.275 e. The molecular weight excluding hydrogens is 380 g/mol. The number of hydrogen-bond acceptors (Lipinski definition) is 4. The summed E-state index contributed by atoms with van der Waals surface area (Å²) in [6.45, 7) is 2.09. The van der Waals surface area contributed by atoms with Gasteiger partial charge in [-0.1, -0.05) is 41.1 Å². The van der Waals surface area contributed by atoms with E-state index in [1.165, 1.54) is 18.0 Å². The standard InChI is InChI=1S/C19H17BrN4O/c1-2-13-6-8-15(9-7-13)24-19(25)17-11-22-18(12-21-17)23-16-5-3-4-14(20)10-16/h3-12H,2H2,1H3,(H,22,23)(H,24,25). The molecule has 0 fully saturated rings. The third kappa shape index (κ3) is 4.64. The second kappa shape index (κ2) is 7.90. The fraction of sp³-hybridized carbons (Fsp3) is 0.105. The van der Waals surface area contributed by atoms with Crippen LogP contribution in [-0.2, 0) is 6.42 Å². The molecule has 25 heavy (non-hydrogen) atoms. The largest absolute Gasteiger partial charge is 0.339 e. The van der Waals surface area contributed by atoms with Crippen molar-refractivity contribution in [2.45, 2.75) is 13.3 Å². The highest BCUT2D eigenvalue weighted by atomic mass is 79.9. The second-order valence-corrected chi connectivity index (χ2v) is 6.34. The van der Waals surface area contributed by atoms with Crippen LogP contribution in [0.15, 0.2) is 65.4 Å². The van der Waals surface area contributed by atoms with Crippen LogP contribution in [0.5, 0.6) is 0 Å². The summed E-state index contributed by atoms with van der Waals surface area (Å²) in [6, 6.07) is 15.5. The number of aromatic nitrogens is 2. The predicted octanol–water partition coefficient (Wildman–Crippen LogP) is 4.80. The topological polar surface area (TPSA) is 66.9 Å². The van der Waals surface area contributed by atoms with Gasteiger partial charge in [-0.05, 0) is 42.3 Å². The van der Waals surface area contributed by atoms with E-state index in [1.807, 2.05) is 48.5 Å². The third-order valence-corrected chi connectivity index (χ3v) is 4.09. The van der Waals surface area contributed by atoms with Gasteiger partial charge in [-0.15, -0.1) is 0 Å². The molecule has 0 aliphatic heterocycles. The first-order valence-electron chi connectivity index (χ1n) is 7.89. The van der Waals surface area contributed by atoms with Gasteiger partial charge in [-0.2, -0.15) is 0 Å². The molecule has 1 amide bonds. The first-order chi connectivity index (χ1) is 12.1. The number of nitrogens with one attached hydrogen (secondary N) is 2. The lowest BCUT2D eigenvalue weighted by atomic mass is 10.1. The monoisotopic (exact) mass is 396 g/mol. The molecule has 6 heteroatoms. The average Bonchev–Trinajstić information content (AvgIpc) is 2.63. The molecule has 0 unspecified atom stereocenters. The summed E-state index contributed by atoms with van der Waals surface area (Å²) >= 11 is 3.42. The van der Waals surface area contributed by atoms with Crippen LogP contribution >= 0.6 is 15.9 Å². The Balaban J connectivity index is 1.65. The highest BCUT2D eigenvalue weighted by Crippen LogP contribution is 2.19. The summed E-state index contributed by atoms with van der Waals surface area (Å²) < 4.78 is 0.968. The maximum absolute atomic E-state index is 12.2. The van der Waals surface area contributed by atoms with Crippen molar-refractivity contribution in [1.29, 1.82) is 0 Å². The van der Waals surface area contributed by atoms with Gasteiger partial charge in [0.05, 0.1) is 12.4 Å². The van der Waals surface area contributed by atoms with Gasteiger partial charge in [0.2, 0.25) is 0 Å². The molecule has 0 atom stereocenters. The number of hydrogen-bond donors (Lipinski definition) is 2. The van der Waals surface area contributed by atoms with Gasteiger partial charge < -0.3 is 10.6 Å². The van der Waals surface area contributed by atoms with Crippen LogP contribution in [0.3, 0.4) is 0 Å². The lowest BCUT2D eigenvalue weighted by Gasteiger charge is -2.07. The maximum atomic E-state index is 12.2. The van der Waals surface area contributed by atoms with Crippen LogP contribution in [0, 0.1) is 0 Å². The van der Waals surface area contributed by atoms with Crippen molar-refractivity contribution in [2.75, 3.05) is 10.6 Å². The van der Waals surface area contributed by atoms with E-state index in [0.29, 0.717) is 5.82 Å². The molecule has 5 nitrogen and oxygen atoms in total. The lowest BCUT2D eigenvalue weighted by molar-refractivity contribution is 0.102. The minimum Gasteiger partial charge on any atom is -0.339 e. The predicted molar refractivity (Wildman–Crippen MR) is 103 cm³/mol. The van der Waals surface area contributed by atoms with Gasteiger partial charge in [-0.3, -0.25) is 4.79 Å². The molecule has 2 N–H and O–H groups in total. The molecule has 0 saturated heterocycles. The van der Waals surface area contributed by atoms with Crippen molar-refractivity contribution in [3.05, 3.63) is 76.7 Å². The first kappa shape index (κ1) is 17.1. The summed E-state index contributed by atoms with van der Waals surface area (Å²) in [5, 5.41) is 5.96. The molecule has 2 aromatic carbocycles. The Kier molecular flexibility index (Phi) is 5.40. The molecule has 3 rings (SSSR count).